The Bertz CT molecular complexity index is 452. The maximum atomic E-state index is 12.8. The number of piperazine rings is 1. The Morgan fingerprint density at radius 2 is 1.78 bits per heavy atom. The summed E-state index contributed by atoms with van der Waals surface area (Å²) < 4.78 is 0. The molecule has 5 nitrogen and oxygen atoms in total. The Hall–Kier alpha value is -1.04. The van der Waals surface area contributed by atoms with E-state index in [1.165, 1.54) is 0 Å². The number of hydrogen-bond donors (Lipinski definition) is 1. The molecule has 1 aromatic heterocycles. The molecule has 2 heterocycles. The van der Waals surface area contributed by atoms with Gasteiger partial charge in [0.05, 0.1) is 5.41 Å². The largest absolute Gasteiger partial charge is 0.353 e. The second kappa shape index (κ2) is 9.96. The molecule has 0 unspecified atom stereocenters. The Morgan fingerprint density at radius 3 is 2.22 bits per heavy atom. The van der Waals surface area contributed by atoms with Crippen LogP contribution in [0.2, 0.25) is 0 Å². The minimum atomic E-state index is -0.382. The van der Waals surface area contributed by atoms with E-state index in [1.54, 1.807) is 6.20 Å². The van der Waals surface area contributed by atoms with E-state index in [9.17, 15) is 4.79 Å². The van der Waals surface area contributed by atoms with Crippen molar-refractivity contribution in [3.8, 4) is 0 Å². The van der Waals surface area contributed by atoms with E-state index in [1.807, 2.05) is 23.1 Å². The van der Waals surface area contributed by atoms with Crippen LogP contribution in [0.3, 0.4) is 0 Å². The average Bonchev–Trinajstić information content (AvgIpc) is 2.58. The molecule has 1 aromatic rings. The van der Waals surface area contributed by atoms with Crippen LogP contribution in [-0.2, 0) is 4.79 Å². The fraction of sp³-hybridized carbons (Fsp3) is 0.625. The van der Waals surface area contributed by atoms with E-state index in [0.29, 0.717) is 6.54 Å². The van der Waals surface area contributed by atoms with Crippen LogP contribution in [0.4, 0.5) is 5.82 Å². The van der Waals surface area contributed by atoms with Crippen molar-refractivity contribution in [3.63, 3.8) is 0 Å². The maximum Gasteiger partial charge on any atom is 0.230 e. The van der Waals surface area contributed by atoms with E-state index < -0.39 is 0 Å². The van der Waals surface area contributed by atoms with Gasteiger partial charge in [-0.1, -0.05) is 19.9 Å². The summed E-state index contributed by atoms with van der Waals surface area (Å²) in [4.78, 5) is 21.3. The molecule has 0 radical (unpaired) electrons. The van der Waals surface area contributed by atoms with Gasteiger partial charge < -0.3 is 15.5 Å². The molecule has 132 valence electrons. The Balaban J connectivity index is 0.00000242. The van der Waals surface area contributed by atoms with Gasteiger partial charge in [-0.15, -0.1) is 24.8 Å². The van der Waals surface area contributed by atoms with E-state index in [4.69, 9.17) is 5.73 Å². The van der Waals surface area contributed by atoms with Crippen LogP contribution in [0.5, 0.6) is 0 Å². The minimum Gasteiger partial charge on any atom is -0.353 e. The highest BCUT2D eigenvalue weighted by Gasteiger charge is 2.37. The molecule has 0 saturated carbocycles. The van der Waals surface area contributed by atoms with Crippen LogP contribution in [0.25, 0.3) is 0 Å². The molecule has 0 aromatic carbocycles. The van der Waals surface area contributed by atoms with Crippen molar-refractivity contribution in [3.05, 3.63) is 24.4 Å². The molecule has 1 fully saturated rings. The van der Waals surface area contributed by atoms with E-state index in [-0.39, 0.29) is 36.1 Å². The van der Waals surface area contributed by atoms with Crippen LogP contribution < -0.4 is 10.6 Å². The van der Waals surface area contributed by atoms with Gasteiger partial charge in [-0.2, -0.15) is 0 Å². The van der Waals surface area contributed by atoms with Gasteiger partial charge in [0.1, 0.15) is 5.82 Å². The van der Waals surface area contributed by atoms with Gasteiger partial charge in [0.25, 0.3) is 0 Å². The van der Waals surface area contributed by atoms with Gasteiger partial charge >= 0.3 is 0 Å². The van der Waals surface area contributed by atoms with Crippen molar-refractivity contribution in [2.45, 2.75) is 26.7 Å². The highest BCUT2D eigenvalue weighted by atomic mass is 35.5. The predicted octanol–water partition coefficient (Wildman–Crippen LogP) is 2.34. The molecule has 1 aliphatic heterocycles. The zero-order valence-electron chi connectivity index (χ0n) is 13.9. The van der Waals surface area contributed by atoms with Crippen molar-refractivity contribution in [1.82, 2.24) is 9.88 Å². The molecule has 0 spiro atoms. The van der Waals surface area contributed by atoms with Gasteiger partial charge in [0.2, 0.25) is 5.91 Å². The highest BCUT2D eigenvalue weighted by molar-refractivity contribution is 5.85. The monoisotopic (exact) mass is 362 g/mol. The summed E-state index contributed by atoms with van der Waals surface area (Å²) in [5.74, 6) is 1.20. The molecule has 2 N–H and O–H groups in total. The van der Waals surface area contributed by atoms with Gasteiger partial charge in [0, 0.05) is 38.9 Å². The molecule has 0 aliphatic carbocycles. The van der Waals surface area contributed by atoms with Gasteiger partial charge in [-0.25, -0.2) is 4.98 Å². The number of pyridine rings is 1. The number of carbonyl (C=O) groups is 1. The summed E-state index contributed by atoms with van der Waals surface area (Å²) in [5, 5.41) is 0. The number of nitrogens with zero attached hydrogens (tertiary/aromatic N) is 3. The number of halogens is 2. The summed E-state index contributed by atoms with van der Waals surface area (Å²) in [6, 6.07) is 5.93. The first kappa shape index (κ1) is 22.0. The number of rotatable bonds is 5. The van der Waals surface area contributed by atoms with Crippen molar-refractivity contribution < 1.29 is 4.79 Å². The van der Waals surface area contributed by atoms with Crippen molar-refractivity contribution in [2.24, 2.45) is 11.1 Å². The molecule has 0 atom stereocenters. The number of aromatic nitrogens is 1. The van der Waals surface area contributed by atoms with Crippen LogP contribution in [0, 0.1) is 5.41 Å². The van der Waals surface area contributed by atoms with Gasteiger partial charge in [0.15, 0.2) is 0 Å². The predicted molar refractivity (Wildman–Crippen MR) is 99.6 cm³/mol. The molecule has 1 aliphatic rings. The number of carbonyl (C=O) groups excluding carboxylic acids is 1. The van der Waals surface area contributed by atoms with Crippen LogP contribution in [-0.4, -0.2) is 48.5 Å². The van der Waals surface area contributed by atoms with Crippen molar-refractivity contribution in [1.29, 1.82) is 0 Å². The summed E-state index contributed by atoms with van der Waals surface area (Å²) in [6.07, 6.45) is 3.42. The molecule has 0 bridgehead atoms. The fourth-order valence-electron chi connectivity index (χ4n) is 2.94. The topological polar surface area (TPSA) is 62.5 Å². The lowest BCUT2D eigenvalue weighted by molar-refractivity contribution is -0.142. The summed E-state index contributed by atoms with van der Waals surface area (Å²) in [7, 11) is 0. The molecular weight excluding hydrogens is 335 g/mol. The maximum absolute atomic E-state index is 12.8. The fourth-order valence-corrected chi connectivity index (χ4v) is 2.94. The first-order valence-electron chi connectivity index (χ1n) is 7.82. The lowest BCUT2D eigenvalue weighted by Gasteiger charge is -2.40. The Morgan fingerprint density at radius 1 is 1.17 bits per heavy atom. The molecule has 1 saturated heterocycles. The van der Waals surface area contributed by atoms with E-state index in [0.717, 1.165) is 44.8 Å². The van der Waals surface area contributed by atoms with Crippen LogP contribution in [0.1, 0.15) is 26.7 Å². The lowest BCUT2D eigenvalue weighted by Crippen LogP contribution is -2.55. The van der Waals surface area contributed by atoms with E-state index in [2.05, 4.69) is 23.7 Å². The van der Waals surface area contributed by atoms with Crippen LogP contribution in [0.15, 0.2) is 24.4 Å². The number of nitrogens with two attached hydrogens (primary N) is 1. The highest BCUT2D eigenvalue weighted by Crippen LogP contribution is 2.28. The molecular formula is C16H28Cl2N4O. The van der Waals surface area contributed by atoms with Crippen molar-refractivity contribution in [2.75, 3.05) is 37.6 Å². The van der Waals surface area contributed by atoms with Crippen molar-refractivity contribution >= 4 is 36.5 Å². The lowest BCUT2D eigenvalue weighted by atomic mass is 9.81. The van der Waals surface area contributed by atoms with Gasteiger partial charge in [-0.05, 0) is 25.0 Å². The number of anilines is 1. The quantitative estimate of drug-likeness (QED) is 0.872. The second-order valence-electron chi connectivity index (χ2n) is 5.66. The normalized spacial score (nSPS) is 14.7. The zero-order chi connectivity index (χ0) is 15.3. The first-order chi connectivity index (χ1) is 10.2. The third-order valence-corrected chi connectivity index (χ3v) is 4.74. The van der Waals surface area contributed by atoms with E-state index >= 15 is 0 Å². The number of hydrogen-bond acceptors (Lipinski definition) is 4. The van der Waals surface area contributed by atoms with Gasteiger partial charge in [-0.3, -0.25) is 4.79 Å². The summed E-state index contributed by atoms with van der Waals surface area (Å²) in [6.45, 7) is 7.69. The molecule has 23 heavy (non-hydrogen) atoms. The minimum absolute atomic E-state index is 0. The standard InChI is InChI=1S/C16H26N4O.2ClH/c1-3-16(4-2,13-17)15(21)20-11-9-19(10-12-20)14-7-5-6-8-18-14;;/h5-8H,3-4,9-13,17H2,1-2H3;2*1H. The Labute approximate surface area is 151 Å². The summed E-state index contributed by atoms with van der Waals surface area (Å²) in [5.41, 5.74) is 5.51. The zero-order valence-corrected chi connectivity index (χ0v) is 15.5. The molecule has 7 heteroatoms. The molecule has 2 rings (SSSR count). The third-order valence-electron chi connectivity index (χ3n) is 4.74. The second-order valence-corrected chi connectivity index (χ2v) is 5.66. The first-order valence-corrected chi connectivity index (χ1v) is 7.82. The third kappa shape index (κ3) is 4.72. The van der Waals surface area contributed by atoms with Crippen LogP contribution >= 0.6 is 24.8 Å². The molecule has 1 amide bonds. The summed E-state index contributed by atoms with van der Waals surface area (Å²) >= 11 is 0. The average molecular weight is 363 g/mol. The smallest absolute Gasteiger partial charge is 0.230 e. The Kier molecular flexibility index (Phi) is 9.51. The number of amides is 1. The SMILES string of the molecule is CCC(CC)(CN)C(=O)N1CCN(c2ccccn2)CC1.Cl.Cl.